The number of nitrogens with two attached hydrogens (primary N) is 1. The summed E-state index contributed by atoms with van der Waals surface area (Å²) >= 11 is 0. The highest BCUT2D eigenvalue weighted by Crippen LogP contribution is 2.11. The van der Waals surface area contributed by atoms with Gasteiger partial charge < -0.3 is 0 Å². The summed E-state index contributed by atoms with van der Waals surface area (Å²) in [5, 5.41) is 0. The topological polar surface area (TPSA) is 38.0 Å². The summed E-state index contributed by atoms with van der Waals surface area (Å²) in [4.78, 5) is 0. The van der Waals surface area contributed by atoms with Crippen molar-refractivity contribution in [3.05, 3.63) is 70.8 Å². The van der Waals surface area contributed by atoms with Gasteiger partial charge in [-0.05, 0) is 42.9 Å². The van der Waals surface area contributed by atoms with Crippen molar-refractivity contribution in [1.29, 1.82) is 0 Å². The predicted molar refractivity (Wildman–Crippen MR) is 85.5 cm³/mol. The quantitative estimate of drug-likeness (QED) is 0.624. The predicted octanol–water partition coefficient (Wildman–Crippen LogP) is 3.17. The zero-order valence-electron chi connectivity index (χ0n) is 12.4. The first kappa shape index (κ1) is 14.8. The smallest absolute Gasteiger partial charge is 0.0291 e. The number of aryl methyl sites for hydroxylation is 2. The molecule has 0 spiro atoms. The van der Waals surface area contributed by atoms with E-state index in [1.807, 2.05) is 0 Å². The lowest BCUT2D eigenvalue weighted by atomic mass is 9.98. The van der Waals surface area contributed by atoms with E-state index in [1.54, 1.807) is 0 Å². The van der Waals surface area contributed by atoms with E-state index in [0.717, 1.165) is 19.3 Å². The van der Waals surface area contributed by atoms with Crippen LogP contribution in [0.2, 0.25) is 0 Å². The third-order valence-electron chi connectivity index (χ3n) is 3.75. The Morgan fingerprint density at radius 1 is 0.850 bits per heavy atom. The number of nitrogens with one attached hydrogen (secondary N) is 1. The lowest BCUT2D eigenvalue weighted by Crippen LogP contribution is -2.38. The Balaban J connectivity index is 1.99. The SMILES string of the molecule is CCc1ccc(CC(Cc2ccc(C)cc2)NN)cc1. The molecule has 0 aromatic heterocycles. The minimum atomic E-state index is 0.269. The van der Waals surface area contributed by atoms with Crippen LogP contribution in [0.25, 0.3) is 0 Å². The Bertz CT molecular complexity index is 514. The molecule has 2 aromatic carbocycles. The summed E-state index contributed by atoms with van der Waals surface area (Å²) in [5.41, 5.74) is 8.27. The Kier molecular flexibility index (Phi) is 5.33. The molecular weight excluding hydrogens is 244 g/mol. The van der Waals surface area contributed by atoms with Gasteiger partial charge in [0, 0.05) is 6.04 Å². The molecule has 2 heteroatoms. The number of hydrogen-bond donors (Lipinski definition) is 2. The van der Waals surface area contributed by atoms with Crippen LogP contribution in [0.4, 0.5) is 0 Å². The first-order valence-electron chi connectivity index (χ1n) is 7.30. The molecule has 2 aromatic rings. The van der Waals surface area contributed by atoms with Gasteiger partial charge >= 0.3 is 0 Å². The van der Waals surface area contributed by atoms with Gasteiger partial charge in [-0.15, -0.1) is 0 Å². The monoisotopic (exact) mass is 268 g/mol. The van der Waals surface area contributed by atoms with E-state index in [0.29, 0.717) is 0 Å². The summed E-state index contributed by atoms with van der Waals surface area (Å²) in [6, 6.07) is 17.8. The van der Waals surface area contributed by atoms with Gasteiger partial charge in [0.05, 0.1) is 0 Å². The van der Waals surface area contributed by atoms with Gasteiger partial charge in [0.15, 0.2) is 0 Å². The molecule has 0 saturated heterocycles. The van der Waals surface area contributed by atoms with Crippen LogP contribution in [-0.4, -0.2) is 6.04 Å². The summed E-state index contributed by atoms with van der Waals surface area (Å²) in [7, 11) is 0. The highest BCUT2D eigenvalue weighted by atomic mass is 15.2. The van der Waals surface area contributed by atoms with Crippen molar-refractivity contribution >= 4 is 0 Å². The van der Waals surface area contributed by atoms with Crippen molar-refractivity contribution in [2.75, 3.05) is 0 Å². The van der Waals surface area contributed by atoms with E-state index in [1.165, 1.54) is 22.3 Å². The lowest BCUT2D eigenvalue weighted by molar-refractivity contribution is 0.522. The standard InChI is InChI=1S/C18H24N2/c1-3-15-8-10-17(11-9-15)13-18(20-19)12-16-6-4-14(2)5-7-16/h4-11,18,20H,3,12-13,19H2,1-2H3. The molecule has 0 aliphatic heterocycles. The maximum atomic E-state index is 5.70. The number of hydrogen-bond acceptors (Lipinski definition) is 2. The van der Waals surface area contributed by atoms with Crippen molar-refractivity contribution in [3.8, 4) is 0 Å². The molecular formula is C18H24N2. The van der Waals surface area contributed by atoms with Gasteiger partial charge in [0.25, 0.3) is 0 Å². The van der Waals surface area contributed by atoms with Gasteiger partial charge in [0.1, 0.15) is 0 Å². The molecule has 3 N–H and O–H groups in total. The molecule has 0 heterocycles. The summed E-state index contributed by atoms with van der Waals surface area (Å²) in [5.74, 6) is 5.70. The minimum Gasteiger partial charge on any atom is -0.271 e. The molecule has 0 amide bonds. The van der Waals surface area contributed by atoms with E-state index in [2.05, 4.69) is 67.8 Å². The van der Waals surface area contributed by atoms with Gasteiger partial charge in [-0.2, -0.15) is 0 Å². The first-order valence-corrected chi connectivity index (χ1v) is 7.30. The zero-order valence-corrected chi connectivity index (χ0v) is 12.4. The summed E-state index contributed by atoms with van der Waals surface area (Å²) < 4.78 is 0. The Morgan fingerprint density at radius 3 is 1.75 bits per heavy atom. The molecule has 106 valence electrons. The Labute approximate surface area is 122 Å². The van der Waals surface area contributed by atoms with Crippen LogP contribution in [-0.2, 0) is 19.3 Å². The van der Waals surface area contributed by atoms with Crippen LogP contribution < -0.4 is 11.3 Å². The summed E-state index contributed by atoms with van der Waals surface area (Å²) in [6.45, 7) is 4.29. The molecule has 0 bridgehead atoms. The molecule has 1 unspecified atom stereocenters. The number of hydrazine groups is 1. The summed E-state index contributed by atoms with van der Waals surface area (Å²) in [6.07, 6.45) is 2.99. The lowest BCUT2D eigenvalue weighted by Gasteiger charge is -2.16. The van der Waals surface area contributed by atoms with Gasteiger partial charge in [-0.3, -0.25) is 11.3 Å². The van der Waals surface area contributed by atoms with Crippen LogP contribution in [0.15, 0.2) is 48.5 Å². The number of benzene rings is 2. The average molecular weight is 268 g/mol. The third kappa shape index (κ3) is 4.19. The number of rotatable bonds is 6. The normalized spacial score (nSPS) is 12.3. The maximum Gasteiger partial charge on any atom is 0.0291 e. The van der Waals surface area contributed by atoms with Crippen molar-refractivity contribution in [3.63, 3.8) is 0 Å². The van der Waals surface area contributed by atoms with E-state index in [4.69, 9.17) is 5.84 Å². The van der Waals surface area contributed by atoms with Gasteiger partial charge in [-0.1, -0.05) is 61.0 Å². The molecule has 1 atom stereocenters. The molecule has 0 saturated carbocycles. The van der Waals surface area contributed by atoms with Crippen LogP contribution >= 0.6 is 0 Å². The second kappa shape index (κ2) is 7.22. The van der Waals surface area contributed by atoms with Gasteiger partial charge in [0.2, 0.25) is 0 Å². The van der Waals surface area contributed by atoms with E-state index < -0.39 is 0 Å². The molecule has 20 heavy (non-hydrogen) atoms. The van der Waals surface area contributed by atoms with Crippen molar-refractivity contribution in [2.24, 2.45) is 5.84 Å². The van der Waals surface area contributed by atoms with Crippen molar-refractivity contribution in [1.82, 2.24) is 5.43 Å². The Morgan fingerprint density at radius 2 is 1.30 bits per heavy atom. The second-order valence-corrected chi connectivity index (χ2v) is 5.43. The maximum absolute atomic E-state index is 5.70. The fourth-order valence-electron chi connectivity index (χ4n) is 2.39. The van der Waals surface area contributed by atoms with Gasteiger partial charge in [-0.25, -0.2) is 0 Å². The fraction of sp³-hybridized carbons (Fsp3) is 0.333. The molecule has 2 rings (SSSR count). The molecule has 0 radical (unpaired) electrons. The highest BCUT2D eigenvalue weighted by molar-refractivity contribution is 5.25. The molecule has 0 fully saturated rings. The fourth-order valence-corrected chi connectivity index (χ4v) is 2.39. The second-order valence-electron chi connectivity index (χ2n) is 5.43. The largest absolute Gasteiger partial charge is 0.271 e. The molecule has 2 nitrogen and oxygen atoms in total. The van der Waals surface area contributed by atoms with E-state index in [9.17, 15) is 0 Å². The highest BCUT2D eigenvalue weighted by Gasteiger charge is 2.09. The molecule has 0 aliphatic carbocycles. The van der Waals surface area contributed by atoms with Crippen LogP contribution in [0.3, 0.4) is 0 Å². The van der Waals surface area contributed by atoms with Crippen molar-refractivity contribution < 1.29 is 0 Å². The molecule has 0 aliphatic rings. The first-order chi connectivity index (χ1) is 9.71. The van der Waals surface area contributed by atoms with Crippen LogP contribution in [0.5, 0.6) is 0 Å². The van der Waals surface area contributed by atoms with Crippen molar-refractivity contribution in [2.45, 2.75) is 39.2 Å². The minimum absolute atomic E-state index is 0.269. The van der Waals surface area contributed by atoms with E-state index >= 15 is 0 Å². The van der Waals surface area contributed by atoms with Crippen LogP contribution in [0, 0.1) is 6.92 Å². The van der Waals surface area contributed by atoms with E-state index in [-0.39, 0.29) is 6.04 Å². The zero-order chi connectivity index (χ0) is 14.4. The van der Waals surface area contributed by atoms with Crippen LogP contribution in [0.1, 0.15) is 29.2 Å². The third-order valence-corrected chi connectivity index (χ3v) is 3.75. The Hall–Kier alpha value is -1.64. The average Bonchev–Trinajstić information content (AvgIpc) is 2.49.